The fraction of sp³-hybridized carbons (Fsp3) is 0.133. The molecule has 1 aliphatic heterocycles. The summed E-state index contributed by atoms with van der Waals surface area (Å²) in [5.41, 5.74) is 9.13. The van der Waals surface area contributed by atoms with Crippen molar-refractivity contribution in [3.63, 3.8) is 0 Å². The number of fused-ring (bicyclic) bond motifs is 1. The highest BCUT2D eigenvalue weighted by atomic mass is 35.5. The minimum Gasteiger partial charge on any atom is -0.454 e. The lowest BCUT2D eigenvalue weighted by Gasteiger charge is -2.08. The van der Waals surface area contributed by atoms with E-state index in [4.69, 9.17) is 50.0 Å². The number of anilines is 1. The van der Waals surface area contributed by atoms with Gasteiger partial charge in [-0.25, -0.2) is 10.4 Å². The van der Waals surface area contributed by atoms with Gasteiger partial charge in [0.2, 0.25) is 6.79 Å². The summed E-state index contributed by atoms with van der Waals surface area (Å²) in [6.45, 7) is 1.89. The van der Waals surface area contributed by atoms with Crippen LogP contribution in [0.2, 0.25) is 15.2 Å². The number of ether oxygens (including phenoxy) is 2. The van der Waals surface area contributed by atoms with Crippen molar-refractivity contribution in [1.82, 2.24) is 10.4 Å². The fourth-order valence-corrected chi connectivity index (χ4v) is 2.65. The second-order valence-electron chi connectivity index (χ2n) is 5.00. The third-order valence-corrected chi connectivity index (χ3v) is 4.54. The van der Waals surface area contributed by atoms with Crippen LogP contribution in [0.15, 0.2) is 23.3 Å². The van der Waals surface area contributed by atoms with Crippen LogP contribution in [0.1, 0.15) is 23.0 Å². The summed E-state index contributed by atoms with van der Waals surface area (Å²) in [7, 11) is 0. The molecule has 1 aromatic carbocycles. The van der Waals surface area contributed by atoms with E-state index < -0.39 is 5.91 Å². The highest BCUT2D eigenvalue weighted by molar-refractivity contribution is 6.46. The molecule has 0 saturated heterocycles. The Kier molecular flexibility index (Phi) is 4.89. The van der Waals surface area contributed by atoms with Gasteiger partial charge in [-0.1, -0.05) is 34.8 Å². The standard InChI is InChI=1S/C15H11Cl3N4O3/c1-6(7-2-3-8-9(4-7)25-5-24-8)21-22-15(23)13-10(16)12(19)11(17)14(18)20-13/h2-4H,5H2,1H3,(H2,19,20)(H,22,23)/b21-6-. The Morgan fingerprint density at radius 1 is 1.24 bits per heavy atom. The molecule has 0 atom stereocenters. The molecule has 0 radical (unpaired) electrons. The van der Waals surface area contributed by atoms with Gasteiger partial charge in [0.05, 0.1) is 16.4 Å². The highest BCUT2D eigenvalue weighted by Crippen LogP contribution is 2.34. The number of carbonyl (C=O) groups is 1. The zero-order chi connectivity index (χ0) is 18.1. The molecule has 0 fully saturated rings. The molecule has 0 spiro atoms. The number of aromatic nitrogens is 1. The number of pyridine rings is 1. The predicted octanol–water partition coefficient (Wildman–Crippen LogP) is 3.51. The lowest BCUT2D eigenvalue weighted by molar-refractivity contribution is 0.0950. The van der Waals surface area contributed by atoms with Crippen molar-refractivity contribution < 1.29 is 14.3 Å². The number of nitrogens with zero attached hydrogens (tertiary/aromatic N) is 2. The summed E-state index contributed by atoms with van der Waals surface area (Å²) >= 11 is 17.6. The molecular formula is C15H11Cl3N4O3. The van der Waals surface area contributed by atoms with Crippen LogP contribution in [0.4, 0.5) is 5.69 Å². The van der Waals surface area contributed by atoms with Gasteiger partial charge in [-0.3, -0.25) is 4.79 Å². The van der Waals surface area contributed by atoms with Crippen molar-refractivity contribution in [2.24, 2.45) is 5.10 Å². The number of benzene rings is 1. The zero-order valence-corrected chi connectivity index (χ0v) is 15.0. The first kappa shape index (κ1) is 17.6. The van der Waals surface area contributed by atoms with Crippen molar-refractivity contribution in [3.8, 4) is 11.5 Å². The minimum absolute atomic E-state index is 0.0109. The van der Waals surface area contributed by atoms with E-state index in [0.717, 1.165) is 5.56 Å². The number of amides is 1. The Morgan fingerprint density at radius 2 is 1.96 bits per heavy atom. The summed E-state index contributed by atoms with van der Waals surface area (Å²) < 4.78 is 10.5. The number of hydrogen-bond acceptors (Lipinski definition) is 6. The topological polar surface area (TPSA) is 98.8 Å². The van der Waals surface area contributed by atoms with Crippen LogP contribution in [0.5, 0.6) is 11.5 Å². The molecule has 25 heavy (non-hydrogen) atoms. The van der Waals surface area contributed by atoms with E-state index >= 15 is 0 Å². The summed E-state index contributed by atoms with van der Waals surface area (Å²) in [6, 6.07) is 5.31. The smallest absolute Gasteiger partial charge is 0.291 e. The van der Waals surface area contributed by atoms with E-state index in [-0.39, 0.29) is 33.4 Å². The number of halogens is 3. The minimum atomic E-state index is -0.671. The molecule has 0 saturated carbocycles. The van der Waals surface area contributed by atoms with Gasteiger partial charge in [-0.2, -0.15) is 5.10 Å². The monoisotopic (exact) mass is 400 g/mol. The maximum atomic E-state index is 12.2. The van der Waals surface area contributed by atoms with Crippen molar-refractivity contribution >= 4 is 52.1 Å². The summed E-state index contributed by atoms with van der Waals surface area (Å²) in [6.07, 6.45) is 0. The van der Waals surface area contributed by atoms with E-state index in [1.165, 1.54) is 0 Å². The number of nitrogen functional groups attached to an aromatic ring is 1. The van der Waals surface area contributed by atoms with Gasteiger partial charge in [0, 0.05) is 5.56 Å². The van der Waals surface area contributed by atoms with Crippen molar-refractivity contribution in [2.45, 2.75) is 6.92 Å². The average Bonchev–Trinajstić information content (AvgIpc) is 3.08. The Balaban J connectivity index is 1.81. The van der Waals surface area contributed by atoms with Crippen LogP contribution in [0.3, 0.4) is 0 Å². The first-order chi connectivity index (χ1) is 11.9. The number of nitrogens with one attached hydrogen (secondary N) is 1. The van der Waals surface area contributed by atoms with Crippen molar-refractivity contribution in [3.05, 3.63) is 44.7 Å². The first-order valence-corrected chi connectivity index (χ1v) is 8.06. The molecule has 2 heterocycles. The average molecular weight is 402 g/mol. The maximum absolute atomic E-state index is 12.2. The van der Waals surface area contributed by atoms with Gasteiger partial charge in [-0.15, -0.1) is 0 Å². The van der Waals surface area contributed by atoms with Crippen LogP contribution in [-0.4, -0.2) is 23.4 Å². The molecule has 3 N–H and O–H groups in total. The summed E-state index contributed by atoms with van der Waals surface area (Å²) in [4.78, 5) is 16.1. The number of rotatable bonds is 3. The highest BCUT2D eigenvalue weighted by Gasteiger charge is 2.20. The Morgan fingerprint density at radius 3 is 2.72 bits per heavy atom. The Hall–Kier alpha value is -2.22. The molecule has 130 valence electrons. The fourth-order valence-electron chi connectivity index (χ4n) is 2.06. The molecule has 1 aromatic heterocycles. The van der Waals surface area contributed by atoms with Gasteiger partial charge < -0.3 is 15.2 Å². The van der Waals surface area contributed by atoms with Gasteiger partial charge in [0.15, 0.2) is 22.3 Å². The third-order valence-electron chi connectivity index (χ3n) is 3.40. The van der Waals surface area contributed by atoms with Gasteiger partial charge in [-0.05, 0) is 25.1 Å². The molecule has 1 amide bonds. The number of carbonyl (C=O) groups excluding carboxylic acids is 1. The van der Waals surface area contributed by atoms with Crippen LogP contribution in [-0.2, 0) is 0 Å². The van der Waals surface area contributed by atoms with Crippen LogP contribution in [0, 0.1) is 0 Å². The van der Waals surface area contributed by atoms with Crippen LogP contribution < -0.4 is 20.6 Å². The van der Waals surface area contributed by atoms with Gasteiger partial charge in [0.1, 0.15) is 5.02 Å². The molecule has 1 aliphatic rings. The molecule has 0 unspecified atom stereocenters. The van der Waals surface area contributed by atoms with Gasteiger partial charge >= 0.3 is 0 Å². The largest absolute Gasteiger partial charge is 0.454 e. The predicted molar refractivity (Wildman–Crippen MR) is 95.9 cm³/mol. The molecular weight excluding hydrogens is 391 g/mol. The number of hydrogen-bond donors (Lipinski definition) is 2. The van der Waals surface area contributed by atoms with E-state index in [1.54, 1.807) is 25.1 Å². The maximum Gasteiger partial charge on any atom is 0.291 e. The van der Waals surface area contributed by atoms with E-state index in [9.17, 15) is 4.79 Å². The van der Waals surface area contributed by atoms with Crippen molar-refractivity contribution in [1.29, 1.82) is 0 Å². The molecule has 3 rings (SSSR count). The second-order valence-corrected chi connectivity index (χ2v) is 6.11. The number of hydrazone groups is 1. The Bertz CT molecular complexity index is 902. The molecule has 10 heteroatoms. The van der Waals surface area contributed by atoms with E-state index in [2.05, 4.69) is 15.5 Å². The van der Waals surface area contributed by atoms with E-state index in [0.29, 0.717) is 17.2 Å². The zero-order valence-electron chi connectivity index (χ0n) is 12.8. The molecule has 2 aromatic rings. The lowest BCUT2D eigenvalue weighted by atomic mass is 10.1. The Labute approximate surface area is 157 Å². The lowest BCUT2D eigenvalue weighted by Crippen LogP contribution is -2.21. The van der Waals surface area contributed by atoms with Crippen LogP contribution >= 0.6 is 34.8 Å². The molecule has 7 nitrogen and oxygen atoms in total. The first-order valence-electron chi connectivity index (χ1n) is 6.93. The SMILES string of the molecule is C/C(=N/NC(=O)c1nc(Cl)c(Cl)c(N)c1Cl)c1ccc2c(c1)OCO2. The molecule has 0 aliphatic carbocycles. The normalized spacial score (nSPS) is 13.0. The van der Waals surface area contributed by atoms with Gasteiger partial charge in [0.25, 0.3) is 5.91 Å². The third kappa shape index (κ3) is 3.44. The molecule has 0 bridgehead atoms. The quantitative estimate of drug-likeness (QED) is 0.466. The summed E-state index contributed by atoms with van der Waals surface area (Å²) in [5.74, 6) is 0.596. The van der Waals surface area contributed by atoms with Crippen molar-refractivity contribution in [2.75, 3.05) is 12.5 Å². The van der Waals surface area contributed by atoms with Crippen LogP contribution in [0.25, 0.3) is 0 Å². The second kappa shape index (κ2) is 6.95. The number of nitrogens with two attached hydrogens (primary N) is 1. The van der Waals surface area contributed by atoms with E-state index in [1.807, 2.05) is 0 Å². The summed E-state index contributed by atoms with van der Waals surface area (Å²) in [5, 5.41) is 3.80.